The number of pyridine rings is 1. The van der Waals surface area contributed by atoms with Gasteiger partial charge in [-0.3, -0.25) is 10.1 Å². The minimum absolute atomic E-state index is 0.442. The largest absolute Gasteiger partial charge is 0.496 e. The number of nitrogen functional groups attached to an aromatic ring is 1. The number of aromatic amines is 1. The van der Waals surface area contributed by atoms with Gasteiger partial charge in [-0.15, -0.1) is 0 Å². The second-order valence-electron chi connectivity index (χ2n) is 4.70. The minimum atomic E-state index is 0.442. The van der Waals surface area contributed by atoms with Gasteiger partial charge in [0.05, 0.1) is 18.4 Å². The van der Waals surface area contributed by atoms with Gasteiger partial charge in [0.2, 0.25) is 0 Å². The Hall–Kier alpha value is -2.82. The fraction of sp³-hybridized carbons (Fsp3) is 0.125. The second-order valence-corrected chi connectivity index (χ2v) is 4.70. The van der Waals surface area contributed by atoms with Gasteiger partial charge in [0.1, 0.15) is 5.75 Å². The van der Waals surface area contributed by atoms with E-state index in [0.29, 0.717) is 5.82 Å². The van der Waals surface area contributed by atoms with E-state index in [-0.39, 0.29) is 0 Å². The Labute approximate surface area is 122 Å². The first-order valence-electron chi connectivity index (χ1n) is 6.61. The van der Waals surface area contributed by atoms with Crippen LogP contribution in [0.2, 0.25) is 0 Å². The third-order valence-electron chi connectivity index (χ3n) is 3.45. The van der Waals surface area contributed by atoms with Crippen molar-refractivity contribution in [2.24, 2.45) is 0 Å². The summed E-state index contributed by atoms with van der Waals surface area (Å²) in [6.07, 6.45) is 1.77. The normalized spacial score (nSPS) is 10.6. The number of methoxy groups -OCH3 is 1. The smallest absolute Gasteiger partial charge is 0.153 e. The van der Waals surface area contributed by atoms with Gasteiger partial charge in [0.25, 0.3) is 0 Å². The zero-order valence-corrected chi connectivity index (χ0v) is 11.9. The molecule has 2 aromatic heterocycles. The van der Waals surface area contributed by atoms with E-state index in [1.165, 1.54) is 0 Å². The predicted octanol–water partition coefficient (Wildman–Crippen LogP) is 3.04. The lowest BCUT2D eigenvalue weighted by Crippen LogP contribution is -1.93. The first-order chi connectivity index (χ1) is 10.2. The molecule has 3 N–H and O–H groups in total. The Morgan fingerprint density at radius 1 is 1.10 bits per heavy atom. The molecule has 0 aliphatic carbocycles. The van der Waals surface area contributed by atoms with E-state index in [9.17, 15) is 0 Å². The van der Waals surface area contributed by atoms with Crippen molar-refractivity contribution in [1.82, 2.24) is 15.2 Å². The van der Waals surface area contributed by atoms with E-state index >= 15 is 0 Å². The zero-order chi connectivity index (χ0) is 14.8. The maximum Gasteiger partial charge on any atom is 0.153 e. The molecule has 0 bridgehead atoms. The number of nitrogens with zero attached hydrogens (tertiary/aromatic N) is 2. The number of aryl methyl sites for hydroxylation is 1. The van der Waals surface area contributed by atoms with Gasteiger partial charge in [0.15, 0.2) is 5.82 Å². The van der Waals surface area contributed by atoms with Gasteiger partial charge >= 0.3 is 0 Å². The van der Waals surface area contributed by atoms with Gasteiger partial charge in [-0.1, -0.05) is 18.2 Å². The summed E-state index contributed by atoms with van der Waals surface area (Å²) in [5.74, 6) is 1.20. The Bertz CT molecular complexity index is 779. The van der Waals surface area contributed by atoms with Crippen LogP contribution < -0.4 is 10.5 Å². The number of para-hydroxylation sites is 1. The number of ether oxygens (including phenoxy) is 1. The molecule has 0 aliphatic heterocycles. The minimum Gasteiger partial charge on any atom is -0.496 e. The third kappa shape index (κ3) is 2.23. The summed E-state index contributed by atoms with van der Waals surface area (Å²) in [5, 5.41) is 7.17. The molecule has 0 fully saturated rings. The molecule has 21 heavy (non-hydrogen) atoms. The fourth-order valence-electron chi connectivity index (χ4n) is 2.42. The number of rotatable bonds is 3. The fourth-order valence-corrected chi connectivity index (χ4v) is 2.42. The molecule has 0 radical (unpaired) electrons. The van der Waals surface area contributed by atoms with Crippen molar-refractivity contribution in [3.8, 4) is 28.1 Å². The van der Waals surface area contributed by atoms with Crippen molar-refractivity contribution in [3.05, 3.63) is 48.3 Å². The van der Waals surface area contributed by atoms with Crippen LogP contribution in [0.3, 0.4) is 0 Å². The van der Waals surface area contributed by atoms with E-state index in [2.05, 4.69) is 15.2 Å². The van der Waals surface area contributed by atoms with E-state index < -0.39 is 0 Å². The Morgan fingerprint density at radius 3 is 2.62 bits per heavy atom. The highest BCUT2D eigenvalue weighted by molar-refractivity contribution is 5.90. The number of benzene rings is 1. The standard InChI is InChI=1S/C16H16N4O/c1-10-11(7-5-9-18-10)15-14(16(17)20-19-15)12-6-3-4-8-13(12)21-2/h3-9H,1-2H3,(H3,17,19,20). The number of nitrogens with two attached hydrogens (primary N) is 1. The quantitative estimate of drug-likeness (QED) is 0.773. The first-order valence-corrected chi connectivity index (χ1v) is 6.61. The van der Waals surface area contributed by atoms with E-state index in [0.717, 1.165) is 33.8 Å². The van der Waals surface area contributed by atoms with Crippen LogP contribution >= 0.6 is 0 Å². The van der Waals surface area contributed by atoms with Crippen molar-refractivity contribution in [3.63, 3.8) is 0 Å². The van der Waals surface area contributed by atoms with Crippen LogP contribution in [-0.2, 0) is 0 Å². The molecule has 2 heterocycles. The molecule has 0 atom stereocenters. The molecule has 3 aromatic rings. The maximum absolute atomic E-state index is 6.07. The zero-order valence-electron chi connectivity index (χ0n) is 11.9. The SMILES string of the molecule is COc1ccccc1-c1c(N)n[nH]c1-c1cccnc1C. The molecule has 5 heteroatoms. The number of H-pyrrole nitrogens is 1. The van der Waals surface area contributed by atoms with Crippen molar-refractivity contribution in [2.75, 3.05) is 12.8 Å². The molecule has 0 amide bonds. The van der Waals surface area contributed by atoms with Gasteiger partial charge in [-0.05, 0) is 25.1 Å². The van der Waals surface area contributed by atoms with Gasteiger partial charge in [-0.2, -0.15) is 5.10 Å². The van der Waals surface area contributed by atoms with Crippen molar-refractivity contribution < 1.29 is 4.74 Å². The maximum atomic E-state index is 6.07. The molecular formula is C16H16N4O. The third-order valence-corrected chi connectivity index (χ3v) is 3.45. The molecule has 0 aliphatic rings. The molecule has 0 saturated heterocycles. The molecule has 1 aromatic carbocycles. The van der Waals surface area contributed by atoms with Crippen LogP contribution in [-0.4, -0.2) is 22.3 Å². The average Bonchev–Trinajstić information content (AvgIpc) is 2.89. The molecule has 5 nitrogen and oxygen atoms in total. The summed E-state index contributed by atoms with van der Waals surface area (Å²) in [5.41, 5.74) is 10.5. The van der Waals surface area contributed by atoms with Crippen LogP contribution in [0.15, 0.2) is 42.6 Å². The van der Waals surface area contributed by atoms with Gasteiger partial charge in [-0.25, -0.2) is 0 Å². The summed E-state index contributed by atoms with van der Waals surface area (Å²) < 4.78 is 5.43. The van der Waals surface area contributed by atoms with Gasteiger partial charge < -0.3 is 10.5 Å². The second kappa shape index (κ2) is 5.28. The van der Waals surface area contributed by atoms with Crippen LogP contribution in [0.1, 0.15) is 5.69 Å². The van der Waals surface area contributed by atoms with E-state index in [4.69, 9.17) is 10.5 Å². The highest BCUT2D eigenvalue weighted by atomic mass is 16.5. The summed E-state index contributed by atoms with van der Waals surface area (Å²) in [6, 6.07) is 11.6. The van der Waals surface area contributed by atoms with Crippen molar-refractivity contribution in [2.45, 2.75) is 6.92 Å². The van der Waals surface area contributed by atoms with Crippen LogP contribution in [0.4, 0.5) is 5.82 Å². The average molecular weight is 280 g/mol. The Kier molecular flexibility index (Phi) is 3.31. The lowest BCUT2D eigenvalue weighted by atomic mass is 9.99. The van der Waals surface area contributed by atoms with Crippen LogP contribution in [0.25, 0.3) is 22.4 Å². The molecular weight excluding hydrogens is 264 g/mol. The molecule has 0 saturated carbocycles. The lowest BCUT2D eigenvalue weighted by Gasteiger charge is -2.10. The topological polar surface area (TPSA) is 76.8 Å². The molecule has 0 spiro atoms. The summed E-state index contributed by atoms with van der Waals surface area (Å²) in [7, 11) is 1.64. The number of anilines is 1. The first kappa shape index (κ1) is 13.2. The predicted molar refractivity (Wildman–Crippen MR) is 83.0 cm³/mol. The highest BCUT2D eigenvalue weighted by Crippen LogP contribution is 2.39. The number of nitrogens with one attached hydrogen (secondary N) is 1. The monoisotopic (exact) mass is 280 g/mol. The summed E-state index contributed by atoms with van der Waals surface area (Å²) in [4.78, 5) is 4.32. The Balaban J connectivity index is 2.25. The van der Waals surface area contributed by atoms with Crippen molar-refractivity contribution >= 4 is 5.82 Å². The van der Waals surface area contributed by atoms with Crippen molar-refractivity contribution in [1.29, 1.82) is 0 Å². The number of aromatic nitrogens is 3. The molecule has 3 rings (SSSR count). The van der Waals surface area contributed by atoms with Gasteiger partial charge in [0, 0.05) is 23.0 Å². The number of hydrogen-bond donors (Lipinski definition) is 2. The molecule has 106 valence electrons. The van der Waals surface area contributed by atoms with E-state index in [1.807, 2.05) is 43.3 Å². The van der Waals surface area contributed by atoms with Crippen LogP contribution in [0.5, 0.6) is 5.75 Å². The summed E-state index contributed by atoms with van der Waals surface area (Å²) in [6.45, 7) is 1.96. The highest BCUT2D eigenvalue weighted by Gasteiger charge is 2.19. The lowest BCUT2D eigenvalue weighted by molar-refractivity contribution is 0.416. The summed E-state index contributed by atoms with van der Waals surface area (Å²) >= 11 is 0. The molecule has 0 unspecified atom stereocenters. The Morgan fingerprint density at radius 2 is 1.86 bits per heavy atom. The number of hydrogen-bond acceptors (Lipinski definition) is 4. The van der Waals surface area contributed by atoms with Crippen LogP contribution in [0, 0.1) is 6.92 Å². The van der Waals surface area contributed by atoms with E-state index in [1.54, 1.807) is 13.3 Å².